The Kier molecular flexibility index (Phi) is 3.98. The lowest BCUT2D eigenvalue weighted by molar-refractivity contribution is -0.120. The molecule has 25 heavy (non-hydrogen) atoms. The van der Waals surface area contributed by atoms with Gasteiger partial charge in [-0.2, -0.15) is 0 Å². The maximum absolute atomic E-state index is 12.8. The minimum Gasteiger partial charge on any atom is -0.457 e. The van der Waals surface area contributed by atoms with Crippen LogP contribution in [-0.4, -0.2) is 16.9 Å². The van der Waals surface area contributed by atoms with Crippen LogP contribution < -0.4 is 9.64 Å². The number of hydrogen-bond donors (Lipinski definition) is 0. The van der Waals surface area contributed by atoms with Gasteiger partial charge in [-0.25, -0.2) is 0 Å². The van der Waals surface area contributed by atoms with Crippen LogP contribution in [0.25, 0.3) is 0 Å². The van der Waals surface area contributed by atoms with Gasteiger partial charge in [0.1, 0.15) is 11.5 Å². The summed E-state index contributed by atoms with van der Waals surface area (Å²) < 4.78 is 6.20. The van der Waals surface area contributed by atoms with Crippen LogP contribution in [-0.2, 0) is 11.2 Å². The van der Waals surface area contributed by atoms with Crippen LogP contribution in [0.1, 0.15) is 43.1 Å². The molecule has 1 aliphatic heterocycles. The van der Waals surface area contributed by atoms with Crippen LogP contribution >= 0.6 is 0 Å². The first-order valence-electron chi connectivity index (χ1n) is 9.11. The molecule has 0 radical (unpaired) electrons. The van der Waals surface area contributed by atoms with Gasteiger partial charge >= 0.3 is 0 Å². The highest BCUT2D eigenvalue weighted by molar-refractivity contribution is 5.98. The van der Waals surface area contributed by atoms with E-state index in [-0.39, 0.29) is 17.9 Å². The summed E-state index contributed by atoms with van der Waals surface area (Å²) in [6.07, 6.45) is 3.97. The van der Waals surface area contributed by atoms with E-state index in [1.54, 1.807) is 0 Å². The predicted octanol–water partition coefficient (Wildman–Crippen LogP) is 4.57. The SMILES string of the molecule is Cc1cc(Oc2cccc3c2CCC(C)N3C(=O)C2CC2)cc(C)n1. The van der Waals surface area contributed by atoms with Gasteiger partial charge in [-0.1, -0.05) is 6.07 Å². The van der Waals surface area contributed by atoms with E-state index in [4.69, 9.17) is 4.74 Å². The number of nitrogens with zero attached hydrogens (tertiary/aromatic N) is 2. The number of aryl methyl sites for hydroxylation is 2. The predicted molar refractivity (Wildman–Crippen MR) is 98.2 cm³/mol. The van der Waals surface area contributed by atoms with E-state index in [0.29, 0.717) is 0 Å². The van der Waals surface area contributed by atoms with E-state index < -0.39 is 0 Å². The summed E-state index contributed by atoms with van der Waals surface area (Å²) in [4.78, 5) is 19.2. The summed E-state index contributed by atoms with van der Waals surface area (Å²) in [7, 11) is 0. The first-order valence-corrected chi connectivity index (χ1v) is 9.11. The molecule has 2 aliphatic rings. The molecule has 1 saturated carbocycles. The molecule has 0 saturated heterocycles. The van der Waals surface area contributed by atoms with Crippen molar-refractivity contribution in [1.29, 1.82) is 0 Å². The number of ether oxygens (including phenoxy) is 1. The van der Waals surface area contributed by atoms with E-state index in [0.717, 1.165) is 59.8 Å². The Morgan fingerprint density at radius 2 is 1.88 bits per heavy atom. The van der Waals surface area contributed by atoms with Gasteiger partial charge in [-0.05, 0) is 58.6 Å². The third kappa shape index (κ3) is 3.13. The number of benzene rings is 1. The normalized spacial score (nSPS) is 19.5. The first-order chi connectivity index (χ1) is 12.0. The molecule has 1 aromatic carbocycles. The Bertz CT molecular complexity index is 806. The Labute approximate surface area is 148 Å². The van der Waals surface area contributed by atoms with Gasteiger partial charge in [-0.3, -0.25) is 9.78 Å². The Hall–Kier alpha value is -2.36. The van der Waals surface area contributed by atoms with E-state index in [2.05, 4.69) is 18.0 Å². The van der Waals surface area contributed by atoms with Gasteiger partial charge in [0.15, 0.2) is 0 Å². The molecular weight excluding hydrogens is 312 g/mol. The van der Waals surface area contributed by atoms with E-state index in [1.807, 2.05) is 43.0 Å². The number of fused-ring (bicyclic) bond motifs is 1. The van der Waals surface area contributed by atoms with Gasteiger partial charge < -0.3 is 9.64 Å². The fourth-order valence-electron chi connectivity index (χ4n) is 3.69. The van der Waals surface area contributed by atoms with E-state index in [1.165, 1.54) is 0 Å². The van der Waals surface area contributed by atoms with E-state index >= 15 is 0 Å². The monoisotopic (exact) mass is 336 g/mol. The number of pyridine rings is 1. The summed E-state index contributed by atoms with van der Waals surface area (Å²) in [5.41, 5.74) is 4.05. The third-order valence-electron chi connectivity index (χ3n) is 5.07. The summed E-state index contributed by atoms with van der Waals surface area (Å²) in [6, 6.07) is 10.2. The van der Waals surface area contributed by atoms with Crippen LogP contribution in [0.3, 0.4) is 0 Å². The molecule has 1 fully saturated rings. The van der Waals surface area contributed by atoms with Crippen molar-refractivity contribution in [2.24, 2.45) is 5.92 Å². The second-order valence-electron chi connectivity index (χ2n) is 7.31. The molecule has 4 rings (SSSR count). The molecule has 0 spiro atoms. The lowest BCUT2D eigenvalue weighted by Crippen LogP contribution is -2.43. The number of carbonyl (C=O) groups is 1. The Morgan fingerprint density at radius 3 is 2.56 bits per heavy atom. The van der Waals surface area contributed by atoms with E-state index in [9.17, 15) is 4.79 Å². The molecule has 4 heteroatoms. The lowest BCUT2D eigenvalue weighted by atomic mass is 9.95. The van der Waals surface area contributed by atoms with Crippen molar-refractivity contribution >= 4 is 11.6 Å². The highest BCUT2D eigenvalue weighted by Gasteiger charge is 2.38. The molecule has 4 nitrogen and oxygen atoms in total. The molecule has 1 aliphatic carbocycles. The Balaban J connectivity index is 1.70. The Morgan fingerprint density at radius 1 is 1.16 bits per heavy atom. The van der Waals surface area contributed by atoms with Crippen molar-refractivity contribution in [1.82, 2.24) is 4.98 Å². The zero-order valence-corrected chi connectivity index (χ0v) is 15.1. The lowest BCUT2D eigenvalue weighted by Gasteiger charge is -2.36. The number of rotatable bonds is 3. The highest BCUT2D eigenvalue weighted by Crippen LogP contribution is 2.41. The number of hydrogen-bond acceptors (Lipinski definition) is 3. The van der Waals surface area contributed by atoms with Crippen LogP contribution in [0, 0.1) is 19.8 Å². The quantitative estimate of drug-likeness (QED) is 0.824. The van der Waals surface area contributed by atoms with Gasteiger partial charge in [-0.15, -0.1) is 0 Å². The molecule has 0 N–H and O–H groups in total. The minimum absolute atomic E-state index is 0.225. The molecule has 1 amide bonds. The molecule has 1 aromatic heterocycles. The van der Waals surface area contributed by atoms with Crippen LogP contribution in [0.2, 0.25) is 0 Å². The molecular formula is C21H24N2O2. The third-order valence-corrected chi connectivity index (χ3v) is 5.07. The van der Waals surface area contributed by atoms with Crippen molar-refractivity contribution in [3.8, 4) is 11.5 Å². The molecule has 2 aromatic rings. The van der Waals surface area contributed by atoms with Gasteiger partial charge in [0.25, 0.3) is 0 Å². The van der Waals surface area contributed by atoms with Crippen LogP contribution in [0.4, 0.5) is 5.69 Å². The number of anilines is 1. The van der Waals surface area contributed by atoms with Crippen LogP contribution in [0.15, 0.2) is 30.3 Å². The van der Waals surface area contributed by atoms with Crippen molar-refractivity contribution in [3.05, 3.63) is 47.3 Å². The minimum atomic E-state index is 0.225. The highest BCUT2D eigenvalue weighted by atomic mass is 16.5. The topological polar surface area (TPSA) is 42.4 Å². The van der Waals surface area contributed by atoms with Gasteiger partial charge in [0.2, 0.25) is 5.91 Å². The zero-order chi connectivity index (χ0) is 17.6. The first kappa shape index (κ1) is 16.1. The number of carbonyl (C=O) groups excluding carboxylic acids is 1. The van der Waals surface area contributed by atoms with Crippen molar-refractivity contribution in [2.75, 3.05) is 4.90 Å². The standard InChI is InChI=1S/C21H24N2O2/c1-13-11-17(12-14(2)22-13)25-20-6-4-5-19-18(20)10-7-15(3)23(19)21(24)16-8-9-16/h4-6,11-12,15-16H,7-10H2,1-3H3. The van der Waals surface area contributed by atoms with Crippen LogP contribution in [0.5, 0.6) is 11.5 Å². The fourth-order valence-corrected chi connectivity index (χ4v) is 3.69. The summed E-state index contributed by atoms with van der Waals surface area (Å²) in [5, 5.41) is 0. The maximum Gasteiger partial charge on any atom is 0.230 e. The molecule has 0 bridgehead atoms. The second-order valence-corrected chi connectivity index (χ2v) is 7.31. The summed E-state index contributed by atoms with van der Waals surface area (Å²) >= 11 is 0. The molecule has 1 unspecified atom stereocenters. The smallest absolute Gasteiger partial charge is 0.230 e. The van der Waals surface area contributed by atoms with Crippen molar-refractivity contribution in [2.45, 2.75) is 52.5 Å². The van der Waals surface area contributed by atoms with Crippen molar-refractivity contribution in [3.63, 3.8) is 0 Å². The second kappa shape index (κ2) is 6.17. The average molecular weight is 336 g/mol. The average Bonchev–Trinajstić information content (AvgIpc) is 3.38. The fraction of sp³-hybridized carbons (Fsp3) is 0.429. The molecule has 2 heterocycles. The summed E-state index contributed by atoms with van der Waals surface area (Å²) in [5.74, 6) is 2.16. The molecule has 1 atom stereocenters. The number of aromatic nitrogens is 1. The number of amides is 1. The summed E-state index contributed by atoms with van der Waals surface area (Å²) in [6.45, 7) is 6.09. The van der Waals surface area contributed by atoms with Gasteiger partial charge in [0, 0.05) is 41.0 Å². The maximum atomic E-state index is 12.8. The largest absolute Gasteiger partial charge is 0.457 e. The van der Waals surface area contributed by atoms with Gasteiger partial charge in [0.05, 0.1) is 5.69 Å². The zero-order valence-electron chi connectivity index (χ0n) is 15.1. The van der Waals surface area contributed by atoms with Crippen molar-refractivity contribution < 1.29 is 9.53 Å². The molecule has 130 valence electrons.